The molecule has 0 aliphatic carbocycles. The number of halogens is 1. The van der Waals surface area contributed by atoms with Gasteiger partial charge in [0.05, 0.1) is 20.3 Å². The summed E-state index contributed by atoms with van der Waals surface area (Å²) < 4.78 is 27.3. The van der Waals surface area contributed by atoms with Gasteiger partial charge in [-0.3, -0.25) is 9.69 Å². The number of methoxy groups -OCH3 is 1. The summed E-state index contributed by atoms with van der Waals surface area (Å²) in [4.78, 5) is 19.4. The third-order valence-corrected chi connectivity index (χ3v) is 5.86. The number of amides is 1. The summed E-state index contributed by atoms with van der Waals surface area (Å²) in [5.41, 5.74) is 1.97. The molecule has 2 heterocycles. The summed E-state index contributed by atoms with van der Waals surface area (Å²) in [5.74, 6) is 1.08. The van der Waals surface area contributed by atoms with Gasteiger partial charge in [0.15, 0.2) is 11.6 Å². The number of nitrogens with one attached hydrogen (secondary N) is 1. The van der Waals surface area contributed by atoms with Crippen LogP contribution in [0.4, 0.5) is 4.39 Å². The normalized spacial score (nSPS) is 14.3. The van der Waals surface area contributed by atoms with Crippen molar-refractivity contribution in [1.29, 1.82) is 0 Å². The van der Waals surface area contributed by atoms with Crippen molar-refractivity contribution in [3.63, 3.8) is 0 Å². The van der Waals surface area contributed by atoms with E-state index in [1.165, 1.54) is 6.07 Å². The molecule has 1 saturated heterocycles. The monoisotopic (exact) mass is 481 g/mol. The molecule has 0 radical (unpaired) electrons. The Morgan fingerprint density at radius 1 is 1.17 bits per heavy atom. The van der Waals surface area contributed by atoms with E-state index in [0.29, 0.717) is 34.9 Å². The summed E-state index contributed by atoms with van der Waals surface area (Å²) in [6, 6.07) is 12.5. The van der Waals surface area contributed by atoms with Crippen LogP contribution in [-0.2, 0) is 22.5 Å². The molecular formula is C26H32FN5O3. The highest BCUT2D eigenvalue weighted by Crippen LogP contribution is 2.26. The molecule has 1 N–H and O–H groups in total. The molecule has 4 rings (SSSR count). The number of rotatable bonds is 9. The standard InChI is InChI=1S/C26H32FN5O3/c1-18(2)28-24(33)17-32-26(21-5-4-6-22(15-21)34-3)29-25(30-32)20-8-7-19(23(27)16-20)9-10-31-11-13-35-14-12-31/h4-8,15-16,18H,9-14,17H2,1-3H3,(H,28,33). The smallest absolute Gasteiger partial charge is 0.242 e. The Kier molecular flexibility index (Phi) is 8.09. The lowest BCUT2D eigenvalue weighted by Gasteiger charge is -2.26. The van der Waals surface area contributed by atoms with E-state index in [1.807, 2.05) is 44.2 Å². The first-order valence-corrected chi connectivity index (χ1v) is 11.9. The predicted molar refractivity (Wildman–Crippen MR) is 132 cm³/mol. The number of carbonyl (C=O) groups excluding carboxylic acids is 1. The summed E-state index contributed by atoms with van der Waals surface area (Å²) in [6.45, 7) is 7.78. The van der Waals surface area contributed by atoms with Gasteiger partial charge in [0, 0.05) is 36.8 Å². The fourth-order valence-electron chi connectivity index (χ4n) is 4.05. The maximum absolute atomic E-state index is 15.0. The summed E-state index contributed by atoms with van der Waals surface area (Å²) in [7, 11) is 1.59. The number of nitrogens with zero attached hydrogens (tertiary/aromatic N) is 4. The Bertz CT molecular complexity index is 1160. The van der Waals surface area contributed by atoms with Gasteiger partial charge in [-0.25, -0.2) is 14.1 Å². The van der Waals surface area contributed by atoms with E-state index in [0.717, 1.165) is 38.4 Å². The van der Waals surface area contributed by atoms with Crippen molar-refractivity contribution in [3.8, 4) is 28.5 Å². The van der Waals surface area contributed by atoms with Crippen LogP contribution in [0.1, 0.15) is 19.4 Å². The first kappa shape index (κ1) is 24.8. The topological polar surface area (TPSA) is 81.5 Å². The highest BCUT2D eigenvalue weighted by atomic mass is 19.1. The van der Waals surface area contributed by atoms with E-state index in [-0.39, 0.29) is 24.3 Å². The SMILES string of the molecule is COc1cccc(-c2nc(-c3ccc(CCN4CCOCC4)c(F)c3)nn2CC(=O)NC(C)C)c1. The minimum atomic E-state index is -0.285. The third kappa shape index (κ3) is 6.43. The molecular weight excluding hydrogens is 449 g/mol. The van der Waals surface area contributed by atoms with E-state index in [1.54, 1.807) is 17.9 Å². The summed E-state index contributed by atoms with van der Waals surface area (Å²) in [6.07, 6.45) is 0.623. The van der Waals surface area contributed by atoms with Gasteiger partial charge in [-0.1, -0.05) is 24.3 Å². The van der Waals surface area contributed by atoms with Crippen molar-refractivity contribution in [2.24, 2.45) is 0 Å². The van der Waals surface area contributed by atoms with Crippen LogP contribution in [0.3, 0.4) is 0 Å². The zero-order chi connectivity index (χ0) is 24.8. The van der Waals surface area contributed by atoms with Crippen LogP contribution in [0, 0.1) is 5.82 Å². The molecule has 1 aliphatic heterocycles. The van der Waals surface area contributed by atoms with Crippen molar-refractivity contribution in [1.82, 2.24) is 25.0 Å². The number of aromatic nitrogens is 3. The number of carbonyl (C=O) groups is 1. The number of hydrogen-bond acceptors (Lipinski definition) is 6. The summed E-state index contributed by atoms with van der Waals surface area (Å²) in [5, 5.41) is 7.44. The van der Waals surface area contributed by atoms with E-state index in [9.17, 15) is 9.18 Å². The van der Waals surface area contributed by atoms with E-state index < -0.39 is 0 Å². The molecule has 186 valence electrons. The molecule has 9 heteroatoms. The molecule has 1 amide bonds. The quantitative estimate of drug-likeness (QED) is 0.506. The Balaban J connectivity index is 1.59. The predicted octanol–water partition coefficient (Wildman–Crippen LogP) is 3.16. The van der Waals surface area contributed by atoms with Crippen molar-refractivity contribution in [2.45, 2.75) is 32.9 Å². The second kappa shape index (κ2) is 11.4. The highest BCUT2D eigenvalue weighted by molar-refractivity contribution is 5.77. The Labute approximate surface area is 205 Å². The van der Waals surface area contributed by atoms with Gasteiger partial charge in [0.1, 0.15) is 18.1 Å². The Morgan fingerprint density at radius 2 is 1.97 bits per heavy atom. The van der Waals surface area contributed by atoms with Gasteiger partial charge in [0.25, 0.3) is 0 Å². The fourth-order valence-corrected chi connectivity index (χ4v) is 4.05. The van der Waals surface area contributed by atoms with E-state index >= 15 is 0 Å². The van der Waals surface area contributed by atoms with Gasteiger partial charge in [-0.15, -0.1) is 5.10 Å². The Hall–Kier alpha value is -3.30. The number of ether oxygens (including phenoxy) is 2. The van der Waals surface area contributed by atoms with Crippen molar-refractivity contribution < 1.29 is 18.7 Å². The van der Waals surface area contributed by atoms with Crippen LogP contribution in [0.5, 0.6) is 5.75 Å². The van der Waals surface area contributed by atoms with Crippen LogP contribution in [0.2, 0.25) is 0 Å². The zero-order valence-electron chi connectivity index (χ0n) is 20.5. The molecule has 1 aromatic heterocycles. The van der Waals surface area contributed by atoms with E-state index in [4.69, 9.17) is 9.47 Å². The second-order valence-corrected chi connectivity index (χ2v) is 8.88. The van der Waals surface area contributed by atoms with Crippen LogP contribution >= 0.6 is 0 Å². The lowest BCUT2D eigenvalue weighted by Crippen LogP contribution is -2.37. The van der Waals surface area contributed by atoms with Crippen LogP contribution in [0.25, 0.3) is 22.8 Å². The molecule has 1 aliphatic rings. The number of morpholine rings is 1. The van der Waals surface area contributed by atoms with Gasteiger partial charge >= 0.3 is 0 Å². The molecule has 0 unspecified atom stereocenters. The molecule has 0 spiro atoms. The molecule has 1 fully saturated rings. The summed E-state index contributed by atoms with van der Waals surface area (Å²) >= 11 is 0. The van der Waals surface area contributed by atoms with E-state index in [2.05, 4.69) is 20.3 Å². The average molecular weight is 482 g/mol. The van der Waals surface area contributed by atoms with Crippen LogP contribution in [0.15, 0.2) is 42.5 Å². The largest absolute Gasteiger partial charge is 0.497 e. The van der Waals surface area contributed by atoms with Crippen molar-refractivity contribution >= 4 is 5.91 Å². The Morgan fingerprint density at radius 3 is 2.69 bits per heavy atom. The van der Waals surface area contributed by atoms with Crippen molar-refractivity contribution in [2.75, 3.05) is 40.0 Å². The minimum absolute atomic E-state index is 0.00215. The molecule has 2 aromatic carbocycles. The second-order valence-electron chi connectivity index (χ2n) is 8.88. The maximum atomic E-state index is 15.0. The average Bonchev–Trinajstić information content (AvgIpc) is 3.27. The molecule has 35 heavy (non-hydrogen) atoms. The van der Waals surface area contributed by atoms with Gasteiger partial charge in [-0.2, -0.15) is 0 Å². The highest BCUT2D eigenvalue weighted by Gasteiger charge is 2.18. The molecule has 0 saturated carbocycles. The lowest BCUT2D eigenvalue weighted by molar-refractivity contribution is -0.122. The molecule has 0 atom stereocenters. The third-order valence-electron chi connectivity index (χ3n) is 5.86. The van der Waals surface area contributed by atoms with Gasteiger partial charge in [-0.05, 0) is 44.0 Å². The van der Waals surface area contributed by atoms with Gasteiger partial charge < -0.3 is 14.8 Å². The molecule has 3 aromatic rings. The first-order valence-electron chi connectivity index (χ1n) is 11.9. The number of benzene rings is 2. The molecule has 8 nitrogen and oxygen atoms in total. The minimum Gasteiger partial charge on any atom is -0.497 e. The lowest BCUT2D eigenvalue weighted by atomic mass is 10.1. The number of hydrogen-bond donors (Lipinski definition) is 1. The molecule has 0 bridgehead atoms. The van der Waals surface area contributed by atoms with Crippen LogP contribution in [-0.4, -0.2) is 71.6 Å². The fraction of sp³-hybridized carbons (Fsp3) is 0.423. The van der Waals surface area contributed by atoms with Crippen LogP contribution < -0.4 is 10.1 Å². The van der Waals surface area contributed by atoms with Crippen molar-refractivity contribution in [3.05, 3.63) is 53.8 Å². The first-order chi connectivity index (χ1) is 16.9. The zero-order valence-corrected chi connectivity index (χ0v) is 20.5. The maximum Gasteiger partial charge on any atom is 0.242 e. The van der Waals surface area contributed by atoms with Gasteiger partial charge in [0.2, 0.25) is 5.91 Å².